The van der Waals surface area contributed by atoms with Crippen LogP contribution in [0.5, 0.6) is 0 Å². The van der Waals surface area contributed by atoms with E-state index in [0.717, 1.165) is 0 Å². The van der Waals surface area contributed by atoms with Gasteiger partial charge in [0.1, 0.15) is 0 Å². The van der Waals surface area contributed by atoms with Gasteiger partial charge in [-0.25, -0.2) is 0 Å². The van der Waals surface area contributed by atoms with E-state index in [4.69, 9.17) is 0 Å². The lowest BCUT2D eigenvalue weighted by atomic mass is 9.77. The van der Waals surface area contributed by atoms with Gasteiger partial charge in [-0.05, 0) is 51.4 Å². The van der Waals surface area contributed by atoms with Gasteiger partial charge in [0.15, 0.2) is 0 Å². The molecule has 0 aliphatic carbocycles. The molecule has 3 aromatic carbocycles. The van der Waals surface area contributed by atoms with Gasteiger partial charge in [0, 0.05) is 0 Å². The van der Waals surface area contributed by atoms with Crippen LogP contribution in [0.2, 0.25) is 0 Å². The molecule has 0 heteroatoms. The Morgan fingerprint density at radius 1 is 0.636 bits per heavy atom. The quantitative estimate of drug-likeness (QED) is 0.532. The molecule has 0 bridgehead atoms. The summed E-state index contributed by atoms with van der Waals surface area (Å²) in [5.41, 5.74) is 6.49. The standard InChI is InChI=1S/C22H21/c1-22(2,3)21-19(17-11-6-4-7-12-17)15-10-16-20(21)18-13-8-5-9-14-18/h4-9,11-16H,1-3H3. The summed E-state index contributed by atoms with van der Waals surface area (Å²) in [7, 11) is 0. The second-order valence-corrected chi connectivity index (χ2v) is 6.64. The molecule has 0 spiro atoms. The first kappa shape index (κ1) is 14.6. The Balaban J connectivity index is 2.29. The molecule has 0 amide bonds. The van der Waals surface area contributed by atoms with Crippen molar-refractivity contribution in [2.45, 2.75) is 26.2 Å². The second kappa shape index (κ2) is 5.81. The molecule has 0 aliphatic heterocycles. The molecule has 0 heterocycles. The van der Waals surface area contributed by atoms with Gasteiger partial charge in [-0.15, -0.1) is 0 Å². The number of hydrogen-bond acceptors (Lipinski definition) is 0. The fourth-order valence-corrected chi connectivity index (χ4v) is 3.00. The highest BCUT2D eigenvalue weighted by molar-refractivity contribution is 5.79. The lowest BCUT2D eigenvalue weighted by Crippen LogP contribution is -2.14. The summed E-state index contributed by atoms with van der Waals surface area (Å²) in [6, 6.07) is 28.8. The first-order valence-electron chi connectivity index (χ1n) is 7.73. The minimum Gasteiger partial charge on any atom is -0.0622 e. The van der Waals surface area contributed by atoms with Crippen LogP contribution in [0.25, 0.3) is 22.3 Å². The van der Waals surface area contributed by atoms with Gasteiger partial charge in [0.2, 0.25) is 0 Å². The Morgan fingerprint density at radius 2 is 1.05 bits per heavy atom. The monoisotopic (exact) mass is 285 g/mol. The fourth-order valence-electron chi connectivity index (χ4n) is 3.00. The molecule has 0 aliphatic rings. The highest BCUT2D eigenvalue weighted by Gasteiger charge is 2.23. The maximum Gasteiger partial charge on any atom is -0.0120 e. The predicted octanol–water partition coefficient (Wildman–Crippen LogP) is 6.12. The van der Waals surface area contributed by atoms with Crippen LogP contribution in [0.15, 0.2) is 72.8 Å². The average Bonchev–Trinajstić information content (AvgIpc) is 2.55. The zero-order chi connectivity index (χ0) is 15.6. The van der Waals surface area contributed by atoms with Crippen molar-refractivity contribution < 1.29 is 0 Å². The molecule has 109 valence electrons. The molecule has 3 aromatic rings. The van der Waals surface area contributed by atoms with Gasteiger partial charge in [-0.2, -0.15) is 0 Å². The van der Waals surface area contributed by atoms with E-state index in [2.05, 4.69) is 99.6 Å². The zero-order valence-electron chi connectivity index (χ0n) is 13.4. The minimum absolute atomic E-state index is 0.0610. The third kappa shape index (κ3) is 2.82. The molecule has 0 N–H and O–H groups in total. The van der Waals surface area contributed by atoms with Gasteiger partial charge < -0.3 is 0 Å². The van der Waals surface area contributed by atoms with Crippen LogP contribution in [-0.4, -0.2) is 0 Å². The van der Waals surface area contributed by atoms with E-state index in [1.165, 1.54) is 27.8 Å². The Morgan fingerprint density at radius 3 is 1.41 bits per heavy atom. The van der Waals surface area contributed by atoms with Crippen molar-refractivity contribution >= 4 is 0 Å². The van der Waals surface area contributed by atoms with E-state index in [1.54, 1.807) is 0 Å². The van der Waals surface area contributed by atoms with Gasteiger partial charge >= 0.3 is 0 Å². The first-order valence-corrected chi connectivity index (χ1v) is 7.73. The zero-order valence-corrected chi connectivity index (χ0v) is 13.4. The summed E-state index contributed by atoms with van der Waals surface area (Å²) in [5.74, 6) is 0. The number of rotatable bonds is 2. The normalized spacial score (nSPS) is 11.4. The third-order valence-electron chi connectivity index (χ3n) is 3.91. The van der Waals surface area contributed by atoms with Crippen molar-refractivity contribution in [3.63, 3.8) is 0 Å². The SMILES string of the molecule is CC(C)(C)c1c(-c2ccccc2)c[c]cc1-c1ccccc1. The first-order chi connectivity index (χ1) is 10.6. The molecular formula is C22H21. The van der Waals surface area contributed by atoms with Crippen molar-refractivity contribution in [2.75, 3.05) is 0 Å². The molecule has 0 nitrogen and oxygen atoms in total. The van der Waals surface area contributed by atoms with Crippen molar-refractivity contribution in [2.24, 2.45) is 0 Å². The van der Waals surface area contributed by atoms with Gasteiger partial charge in [-0.1, -0.05) is 81.4 Å². The van der Waals surface area contributed by atoms with Gasteiger partial charge in [0.05, 0.1) is 0 Å². The molecule has 0 fully saturated rings. The Kier molecular flexibility index (Phi) is 3.85. The molecule has 0 unspecified atom stereocenters. The van der Waals surface area contributed by atoms with Crippen molar-refractivity contribution in [3.05, 3.63) is 84.4 Å². The summed E-state index contributed by atoms with van der Waals surface area (Å²) in [4.78, 5) is 0. The molecule has 22 heavy (non-hydrogen) atoms. The number of hydrogen-bond donors (Lipinski definition) is 0. The molecule has 3 rings (SSSR count). The topological polar surface area (TPSA) is 0 Å². The minimum atomic E-state index is 0.0610. The smallest absolute Gasteiger partial charge is 0.0120 e. The Labute approximate surface area is 133 Å². The average molecular weight is 285 g/mol. The van der Waals surface area contributed by atoms with Crippen LogP contribution in [0.3, 0.4) is 0 Å². The van der Waals surface area contributed by atoms with E-state index in [9.17, 15) is 0 Å². The van der Waals surface area contributed by atoms with Crippen molar-refractivity contribution in [1.82, 2.24) is 0 Å². The molecule has 1 radical (unpaired) electrons. The molecule has 0 atom stereocenters. The maximum atomic E-state index is 3.34. The molecule has 0 saturated carbocycles. The van der Waals surface area contributed by atoms with Crippen LogP contribution >= 0.6 is 0 Å². The highest BCUT2D eigenvalue weighted by atomic mass is 14.3. The summed E-state index contributed by atoms with van der Waals surface area (Å²) in [5, 5.41) is 0. The summed E-state index contributed by atoms with van der Waals surface area (Å²) in [6.45, 7) is 6.84. The Bertz CT molecular complexity index is 689. The number of benzene rings is 3. The van der Waals surface area contributed by atoms with Crippen LogP contribution < -0.4 is 0 Å². The maximum absolute atomic E-state index is 3.34. The van der Waals surface area contributed by atoms with Crippen molar-refractivity contribution in [1.29, 1.82) is 0 Å². The van der Waals surface area contributed by atoms with Crippen LogP contribution in [0.1, 0.15) is 26.3 Å². The Hall–Kier alpha value is -2.34. The van der Waals surface area contributed by atoms with E-state index in [0.29, 0.717) is 0 Å². The van der Waals surface area contributed by atoms with Crippen molar-refractivity contribution in [3.8, 4) is 22.3 Å². The third-order valence-corrected chi connectivity index (χ3v) is 3.91. The lowest BCUT2D eigenvalue weighted by Gasteiger charge is -2.27. The molecule has 0 saturated heterocycles. The van der Waals surface area contributed by atoms with E-state index in [1.807, 2.05) is 0 Å². The molecule has 0 aromatic heterocycles. The van der Waals surface area contributed by atoms with E-state index in [-0.39, 0.29) is 5.41 Å². The molecular weight excluding hydrogens is 264 g/mol. The fraction of sp³-hybridized carbons (Fsp3) is 0.182. The second-order valence-electron chi connectivity index (χ2n) is 6.64. The lowest BCUT2D eigenvalue weighted by molar-refractivity contribution is 0.593. The van der Waals surface area contributed by atoms with Crippen LogP contribution in [0, 0.1) is 6.07 Å². The largest absolute Gasteiger partial charge is 0.0622 e. The van der Waals surface area contributed by atoms with Gasteiger partial charge in [0.25, 0.3) is 0 Å². The van der Waals surface area contributed by atoms with Gasteiger partial charge in [-0.3, -0.25) is 0 Å². The highest BCUT2D eigenvalue weighted by Crippen LogP contribution is 2.39. The summed E-state index contributed by atoms with van der Waals surface area (Å²) < 4.78 is 0. The van der Waals surface area contributed by atoms with E-state index >= 15 is 0 Å². The summed E-state index contributed by atoms with van der Waals surface area (Å²) >= 11 is 0. The van der Waals surface area contributed by atoms with Crippen LogP contribution in [0.4, 0.5) is 0 Å². The summed E-state index contributed by atoms with van der Waals surface area (Å²) in [6.07, 6.45) is 0. The predicted molar refractivity (Wildman–Crippen MR) is 94.9 cm³/mol. The van der Waals surface area contributed by atoms with Crippen LogP contribution in [-0.2, 0) is 5.41 Å². The van der Waals surface area contributed by atoms with E-state index < -0.39 is 0 Å².